The van der Waals surface area contributed by atoms with Gasteiger partial charge < -0.3 is 14.8 Å². The highest BCUT2D eigenvalue weighted by Gasteiger charge is 2.37. The summed E-state index contributed by atoms with van der Waals surface area (Å²) in [5.41, 5.74) is 5.10. The van der Waals surface area contributed by atoms with Crippen LogP contribution in [0.5, 0.6) is 0 Å². The second kappa shape index (κ2) is 11.6. The molecule has 200 valence electrons. The Morgan fingerprint density at radius 3 is 2.36 bits per heavy atom. The molecule has 1 unspecified atom stereocenters. The Labute approximate surface area is 228 Å². The first-order valence-electron chi connectivity index (χ1n) is 13.5. The number of para-hydroxylation sites is 3. The van der Waals surface area contributed by atoms with Crippen LogP contribution in [0.1, 0.15) is 49.6 Å². The van der Waals surface area contributed by atoms with Crippen LogP contribution in [0.15, 0.2) is 91.1 Å². The Hall–Kier alpha value is -4.39. The number of carbonyl (C=O) groups excluding carboxylic acids is 2. The lowest BCUT2D eigenvalue weighted by atomic mass is 9.97. The number of nitrogens with one attached hydrogen (secondary N) is 1. The van der Waals surface area contributed by atoms with Crippen molar-refractivity contribution in [2.24, 2.45) is 0 Å². The Morgan fingerprint density at radius 2 is 1.62 bits per heavy atom. The molecule has 0 spiro atoms. The summed E-state index contributed by atoms with van der Waals surface area (Å²) in [6.45, 7) is 4.47. The number of anilines is 2. The predicted molar refractivity (Wildman–Crippen MR) is 153 cm³/mol. The molecule has 39 heavy (non-hydrogen) atoms. The van der Waals surface area contributed by atoms with Crippen molar-refractivity contribution >= 4 is 23.3 Å². The van der Waals surface area contributed by atoms with Gasteiger partial charge in [-0.1, -0.05) is 62.7 Å². The Bertz CT molecular complexity index is 1460. The Kier molecular flexibility index (Phi) is 7.77. The summed E-state index contributed by atoms with van der Waals surface area (Å²) in [5.74, 6) is -0.544. The van der Waals surface area contributed by atoms with Crippen molar-refractivity contribution in [3.63, 3.8) is 0 Å². The van der Waals surface area contributed by atoms with Gasteiger partial charge in [0.05, 0.1) is 17.1 Å². The van der Waals surface area contributed by atoms with Gasteiger partial charge in [-0.05, 0) is 66.4 Å². The fraction of sp³-hybridized carbons (Fsp3) is 0.250. The molecular formula is C32H33FN4O2. The molecule has 1 aliphatic rings. The van der Waals surface area contributed by atoms with Crippen LogP contribution in [0.2, 0.25) is 0 Å². The highest BCUT2D eigenvalue weighted by atomic mass is 19.1. The molecule has 0 aliphatic carbocycles. The number of urea groups is 1. The van der Waals surface area contributed by atoms with Gasteiger partial charge >= 0.3 is 6.03 Å². The molecule has 1 N–H and O–H groups in total. The van der Waals surface area contributed by atoms with Crippen LogP contribution in [0.4, 0.5) is 20.6 Å². The Balaban J connectivity index is 1.50. The van der Waals surface area contributed by atoms with Gasteiger partial charge in [0, 0.05) is 18.4 Å². The standard InChI is InChI=1S/C32H33FN4O2/c1-3-5-20-35(32(39)34-26-12-7-6-11-23(26)4-2)22-30(38)37-28-14-9-8-13-27(28)36-21-10-15-29(36)31(37)24-16-18-25(33)19-17-24/h6-19,21,31H,3-5,20,22H2,1-2H3,(H,34,39). The maximum atomic E-state index is 14.2. The van der Waals surface area contributed by atoms with E-state index in [9.17, 15) is 14.0 Å². The van der Waals surface area contributed by atoms with Crippen LogP contribution < -0.4 is 10.2 Å². The molecule has 0 fully saturated rings. The third-order valence-corrected chi connectivity index (χ3v) is 7.21. The molecule has 0 saturated carbocycles. The lowest BCUT2D eigenvalue weighted by molar-refractivity contribution is -0.119. The highest BCUT2D eigenvalue weighted by Crippen LogP contribution is 2.42. The number of carbonyl (C=O) groups is 2. The smallest absolute Gasteiger partial charge is 0.316 e. The van der Waals surface area contributed by atoms with E-state index in [0.717, 1.165) is 53.1 Å². The molecule has 1 aromatic heterocycles. The van der Waals surface area contributed by atoms with Gasteiger partial charge in [-0.3, -0.25) is 9.69 Å². The number of halogens is 1. The van der Waals surface area contributed by atoms with E-state index in [-0.39, 0.29) is 24.3 Å². The van der Waals surface area contributed by atoms with Gasteiger partial charge in [-0.25, -0.2) is 9.18 Å². The largest absolute Gasteiger partial charge is 0.322 e. The van der Waals surface area contributed by atoms with Crippen molar-refractivity contribution in [1.82, 2.24) is 9.47 Å². The van der Waals surface area contributed by atoms with Gasteiger partial charge in [0.2, 0.25) is 5.91 Å². The number of hydrogen-bond acceptors (Lipinski definition) is 2. The molecule has 3 amide bonds. The summed E-state index contributed by atoms with van der Waals surface area (Å²) in [4.78, 5) is 31.1. The van der Waals surface area contributed by atoms with Crippen LogP contribution in [-0.2, 0) is 11.2 Å². The van der Waals surface area contributed by atoms with Gasteiger partial charge in [-0.2, -0.15) is 0 Å². The van der Waals surface area contributed by atoms with Crippen molar-refractivity contribution in [2.45, 2.75) is 39.2 Å². The average molecular weight is 525 g/mol. The fourth-order valence-electron chi connectivity index (χ4n) is 5.21. The van der Waals surface area contributed by atoms with Crippen LogP contribution in [0, 0.1) is 5.82 Å². The van der Waals surface area contributed by atoms with E-state index in [1.165, 1.54) is 12.1 Å². The number of unbranched alkanes of at least 4 members (excludes halogenated alkanes) is 1. The SMILES string of the molecule is CCCCN(CC(=O)N1c2ccccc2-n2cccc2C1c1ccc(F)cc1)C(=O)Nc1ccccc1CC. The van der Waals surface area contributed by atoms with Crippen molar-refractivity contribution in [2.75, 3.05) is 23.3 Å². The number of nitrogens with zero attached hydrogens (tertiary/aromatic N) is 3. The molecule has 0 saturated heterocycles. The fourth-order valence-corrected chi connectivity index (χ4v) is 5.21. The van der Waals surface area contributed by atoms with E-state index >= 15 is 0 Å². The van der Waals surface area contributed by atoms with Crippen LogP contribution in [-0.4, -0.2) is 34.5 Å². The number of amides is 3. The zero-order valence-electron chi connectivity index (χ0n) is 22.3. The normalized spacial score (nSPS) is 13.9. The Morgan fingerprint density at radius 1 is 0.897 bits per heavy atom. The summed E-state index contributed by atoms with van der Waals surface area (Å²) in [5, 5.41) is 3.03. The van der Waals surface area contributed by atoms with E-state index in [1.54, 1.807) is 21.9 Å². The molecule has 3 aromatic carbocycles. The number of aryl methyl sites for hydroxylation is 1. The number of benzene rings is 3. The number of fused-ring (bicyclic) bond motifs is 3. The van der Waals surface area contributed by atoms with Crippen molar-refractivity contribution in [3.8, 4) is 5.69 Å². The number of aromatic nitrogens is 1. The molecule has 6 nitrogen and oxygen atoms in total. The van der Waals surface area contributed by atoms with Gasteiger partial charge in [0.15, 0.2) is 0 Å². The van der Waals surface area contributed by atoms with Crippen molar-refractivity contribution in [3.05, 3.63) is 114 Å². The summed E-state index contributed by atoms with van der Waals surface area (Å²) >= 11 is 0. The van der Waals surface area contributed by atoms with E-state index in [1.807, 2.05) is 73.8 Å². The summed E-state index contributed by atoms with van der Waals surface area (Å²) < 4.78 is 15.9. The quantitative estimate of drug-likeness (QED) is 0.271. The maximum Gasteiger partial charge on any atom is 0.322 e. The molecule has 4 aromatic rings. The summed E-state index contributed by atoms with van der Waals surface area (Å²) in [6, 6.07) is 24.9. The topological polar surface area (TPSA) is 57.6 Å². The van der Waals surface area contributed by atoms with E-state index in [4.69, 9.17) is 0 Å². The van der Waals surface area contributed by atoms with E-state index < -0.39 is 6.04 Å². The molecule has 7 heteroatoms. The van der Waals surface area contributed by atoms with Gasteiger partial charge in [-0.15, -0.1) is 0 Å². The van der Waals surface area contributed by atoms with Gasteiger partial charge in [0.25, 0.3) is 0 Å². The van der Waals surface area contributed by atoms with Crippen molar-refractivity contribution < 1.29 is 14.0 Å². The molecule has 5 rings (SSSR count). The zero-order chi connectivity index (χ0) is 27.4. The minimum atomic E-state index is -0.472. The first-order valence-corrected chi connectivity index (χ1v) is 13.5. The first-order chi connectivity index (χ1) is 19.0. The monoisotopic (exact) mass is 524 g/mol. The third-order valence-electron chi connectivity index (χ3n) is 7.21. The molecular weight excluding hydrogens is 491 g/mol. The first kappa shape index (κ1) is 26.2. The molecule has 2 heterocycles. The minimum Gasteiger partial charge on any atom is -0.316 e. The summed E-state index contributed by atoms with van der Waals surface area (Å²) in [6.07, 6.45) is 4.42. The van der Waals surface area contributed by atoms with E-state index in [2.05, 4.69) is 16.8 Å². The molecule has 1 atom stereocenters. The van der Waals surface area contributed by atoms with Crippen LogP contribution >= 0.6 is 0 Å². The second-order valence-electron chi connectivity index (χ2n) is 9.73. The summed E-state index contributed by atoms with van der Waals surface area (Å²) in [7, 11) is 0. The van der Waals surface area contributed by atoms with E-state index in [0.29, 0.717) is 6.54 Å². The third kappa shape index (κ3) is 5.30. The second-order valence-corrected chi connectivity index (χ2v) is 9.73. The average Bonchev–Trinajstić information content (AvgIpc) is 3.45. The number of rotatable bonds is 8. The molecule has 1 aliphatic heterocycles. The molecule has 0 bridgehead atoms. The molecule has 0 radical (unpaired) electrons. The van der Waals surface area contributed by atoms with Crippen molar-refractivity contribution in [1.29, 1.82) is 0 Å². The predicted octanol–water partition coefficient (Wildman–Crippen LogP) is 6.95. The van der Waals surface area contributed by atoms with Crippen LogP contribution in [0.25, 0.3) is 5.69 Å². The lowest BCUT2D eigenvalue weighted by Crippen LogP contribution is -2.48. The minimum absolute atomic E-state index is 0.0904. The highest BCUT2D eigenvalue weighted by molar-refractivity contribution is 6.01. The lowest BCUT2D eigenvalue weighted by Gasteiger charge is -2.39. The zero-order valence-corrected chi connectivity index (χ0v) is 22.3. The van der Waals surface area contributed by atoms with Crippen LogP contribution in [0.3, 0.4) is 0 Å². The maximum absolute atomic E-state index is 14.2. The van der Waals surface area contributed by atoms with Gasteiger partial charge in [0.1, 0.15) is 18.4 Å². The number of hydrogen-bond donors (Lipinski definition) is 1.